The van der Waals surface area contributed by atoms with Crippen LogP contribution >= 0.6 is 0 Å². The average Bonchev–Trinajstić information content (AvgIpc) is 2.99. The smallest absolute Gasteiger partial charge is 0.153 e. The number of nitrogens with zero attached hydrogens (tertiary/aromatic N) is 3. The summed E-state index contributed by atoms with van der Waals surface area (Å²) in [6.07, 6.45) is 5.17. The van der Waals surface area contributed by atoms with E-state index in [2.05, 4.69) is 27.1 Å². The van der Waals surface area contributed by atoms with Gasteiger partial charge in [-0.05, 0) is 12.1 Å². The second kappa shape index (κ2) is 4.61. The van der Waals surface area contributed by atoms with E-state index in [0.29, 0.717) is 0 Å². The molecule has 0 amide bonds. The van der Waals surface area contributed by atoms with Gasteiger partial charge in [0.25, 0.3) is 0 Å². The first-order valence-corrected chi connectivity index (χ1v) is 7.36. The lowest BCUT2D eigenvalue weighted by atomic mass is 10.1. The first-order valence-electron chi connectivity index (χ1n) is 7.36. The molecule has 3 aromatic heterocycles. The molecule has 108 valence electrons. The summed E-state index contributed by atoms with van der Waals surface area (Å²) in [5, 5.41) is 3.17. The number of fused-ring (bicyclic) bond motifs is 4. The molecule has 0 spiro atoms. The van der Waals surface area contributed by atoms with Gasteiger partial charge >= 0.3 is 0 Å². The highest BCUT2D eigenvalue weighted by molar-refractivity contribution is 6.06. The number of benzene rings is 2. The van der Waals surface area contributed by atoms with Crippen LogP contribution in [0.1, 0.15) is 0 Å². The molecule has 4 heteroatoms. The lowest BCUT2D eigenvalue weighted by Gasteiger charge is -2.04. The fourth-order valence-corrected chi connectivity index (χ4v) is 3.00. The van der Waals surface area contributed by atoms with E-state index in [1.165, 1.54) is 0 Å². The maximum absolute atomic E-state index is 5.84. The van der Waals surface area contributed by atoms with Gasteiger partial charge in [-0.25, -0.2) is 9.97 Å². The SMILES string of the molecule is c1cc(-c2cc3c(cn2)oc2ccccc23)c2ncncc2c1. The van der Waals surface area contributed by atoms with E-state index in [1.54, 1.807) is 12.5 Å². The van der Waals surface area contributed by atoms with E-state index in [-0.39, 0.29) is 0 Å². The van der Waals surface area contributed by atoms with Gasteiger partial charge < -0.3 is 4.42 Å². The van der Waals surface area contributed by atoms with Crippen LogP contribution in [0.3, 0.4) is 0 Å². The van der Waals surface area contributed by atoms with Crippen molar-refractivity contribution in [2.45, 2.75) is 0 Å². The predicted octanol–water partition coefficient (Wildman–Crippen LogP) is 4.59. The third kappa shape index (κ3) is 1.82. The Morgan fingerprint density at radius 2 is 1.74 bits per heavy atom. The second-order valence-corrected chi connectivity index (χ2v) is 5.43. The Labute approximate surface area is 131 Å². The Morgan fingerprint density at radius 3 is 2.74 bits per heavy atom. The number of hydrogen-bond donors (Lipinski definition) is 0. The molecule has 5 rings (SSSR count). The van der Waals surface area contributed by atoms with Crippen molar-refractivity contribution in [1.29, 1.82) is 0 Å². The molecule has 0 saturated heterocycles. The van der Waals surface area contributed by atoms with Crippen LogP contribution in [0.5, 0.6) is 0 Å². The van der Waals surface area contributed by atoms with Crippen molar-refractivity contribution in [3.8, 4) is 11.3 Å². The van der Waals surface area contributed by atoms with Gasteiger partial charge in [-0.3, -0.25) is 4.98 Å². The van der Waals surface area contributed by atoms with Crippen molar-refractivity contribution in [2.24, 2.45) is 0 Å². The van der Waals surface area contributed by atoms with Crippen LogP contribution in [-0.4, -0.2) is 15.0 Å². The van der Waals surface area contributed by atoms with E-state index in [9.17, 15) is 0 Å². The highest BCUT2D eigenvalue weighted by Gasteiger charge is 2.11. The molecule has 3 heterocycles. The third-order valence-corrected chi connectivity index (χ3v) is 4.07. The van der Waals surface area contributed by atoms with Crippen LogP contribution < -0.4 is 0 Å². The molecule has 2 aromatic carbocycles. The van der Waals surface area contributed by atoms with Crippen LogP contribution in [0, 0.1) is 0 Å². The number of furan rings is 1. The second-order valence-electron chi connectivity index (χ2n) is 5.43. The number of para-hydroxylation sites is 2. The summed E-state index contributed by atoms with van der Waals surface area (Å²) >= 11 is 0. The number of aromatic nitrogens is 3. The van der Waals surface area contributed by atoms with Crippen LogP contribution in [0.2, 0.25) is 0 Å². The van der Waals surface area contributed by atoms with Crippen molar-refractivity contribution in [2.75, 3.05) is 0 Å². The Bertz CT molecular complexity index is 1170. The van der Waals surface area contributed by atoms with Gasteiger partial charge in [0.2, 0.25) is 0 Å². The minimum Gasteiger partial charge on any atom is -0.454 e. The number of hydrogen-bond acceptors (Lipinski definition) is 4. The first-order chi connectivity index (χ1) is 11.4. The van der Waals surface area contributed by atoms with Gasteiger partial charge in [0, 0.05) is 27.9 Å². The maximum atomic E-state index is 5.84. The van der Waals surface area contributed by atoms with Crippen LogP contribution in [0.25, 0.3) is 44.1 Å². The van der Waals surface area contributed by atoms with Gasteiger partial charge in [0.1, 0.15) is 11.9 Å². The Balaban J connectivity index is 1.84. The summed E-state index contributed by atoms with van der Waals surface area (Å²) in [4.78, 5) is 13.1. The minimum atomic E-state index is 0.796. The highest BCUT2D eigenvalue weighted by atomic mass is 16.3. The van der Waals surface area contributed by atoms with Crippen molar-refractivity contribution in [1.82, 2.24) is 15.0 Å². The summed E-state index contributed by atoms with van der Waals surface area (Å²) in [5.74, 6) is 0. The van der Waals surface area contributed by atoms with Crippen LogP contribution in [0.4, 0.5) is 0 Å². The zero-order chi connectivity index (χ0) is 15.2. The van der Waals surface area contributed by atoms with Gasteiger partial charge in [-0.15, -0.1) is 0 Å². The normalized spacial score (nSPS) is 11.5. The molecule has 5 aromatic rings. The predicted molar refractivity (Wildman–Crippen MR) is 90.0 cm³/mol. The van der Waals surface area contributed by atoms with Crippen molar-refractivity contribution in [3.63, 3.8) is 0 Å². The molecule has 0 aliphatic rings. The van der Waals surface area contributed by atoms with Gasteiger partial charge in [0.15, 0.2) is 5.58 Å². The fourth-order valence-electron chi connectivity index (χ4n) is 3.00. The van der Waals surface area contributed by atoms with Gasteiger partial charge in [-0.1, -0.05) is 36.4 Å². The molecule has 0 fully saturated rings. The van der Waals surface area contributed by atoms with Gasteiger partial charge in [-0.2, -0.15) is 0 Å². The van der Waals surface area contributed by atoms with E-state index < -0.39 is 0 Å². The average molecular weight is 297 g/mol. The quantitative estimate of drug-likeness (QED) is 0.454. The molecule has 23 heavy (non-hydrogen) atoms. The zero-order valence-electron chi connectivity index (χ0n) is 12.1. The van der Waals surface area contributed by atoms with Crippen molar-refractivity contribution in [3.05, 3.63) is 67.3 Å². The number of pyridine rings is 1. The minimum absolute atomic E-state index is 0.796. The lowest BCUT2D eigenvalue weighted by Crippen LogP contribution is -1.88. The molecular weight excluding hydrogens is 286 g/mol. The zero-order valence-corrected chi connectivity index (χ0v) is 12.1. The van der Waals surface area contributed by atoms with E-state index in [1.807, 2.05) is 42.6 Å². The fraction of sp³-hybridized carbons (Fsp3) is 0. The first kappa shape index (κ1) is 12.3. The maximum Gasteiger partial charge on any atom is 0.153 e. The molecule has 0 bridgehead atoms. The molecular formula is C19H11N3O. The Morgan fingerprint density at radius 1 is 0.783 bits per heavy atom. The lowest BCUT2D eigenvalue weighted by molar-refractivity contribution is 0.667. The molecule has 0 N–H and O–H groups in total. The summed E-state index contributed by atoms with van der Waals surface area (Å²) in [7, 11) is 0. The summed E-state index contributed by atoms with van der Waals surface area (Å²) in [6, 6.07) is 16.1. The van der Waals surface area contributed by atoms with E-state index in [0.717, 1.165) is 44.1 Å². The van der Waals surface area contributed by atoms with Crippen LogP contribution in [0.15, 0.2) is 71.7 Å². The Kier molecular flexibility index (Phi) is 2.46. The molecule has 0 unspecified atom stereocenters. The van der Waals surface area contributed by atoms with Gasteiger partial charge in [0.05, 0.1) is 17.4 Å². The standard InChI is InChI=1S/C19H11N3O/c1-2-7-17-13(5-1)15-8-16(21-10-18(15)23-17)14-6-3-4-12-9-20-11-22-19(12)14/h1-11H. The topological polar surface area (TPSA) is 51.8 Å². The molecule has 0 radical (unpaired) electrons. The molecule has 0 saturated carbocycles. The third-order valence-electron chi connectivity index (χ3n) is 4.07. The monoisotopic (exact) mass is 297 g/mol. The summed E-state index contributed by atoms with van der Waals surface area (Å²) in [5.41, 5.74) is 4.46. The van der Waals surface area contributed by atoms with E-state index >= 15 is 0 Å². The molecule has 0 aliphatic carbocycles. The summed E-state index contributed by atoms with van der Waals surface area (Å²) in [6.45, 7) is 0. The molecule has 0 aliphatic heterocycles. The van der Waals surface area contributed by atoms with Crippen molar-refractivity contribution >= 4 is 32.8 Å². The van der Waals surface area contributed by atoms with Crippen molar-refractivity contribution < 1.29 is 4.42 Å². The largest absolute Gasteiger partial charge is 0.454 e. The van der Waals surface area contributed by atoms with E-state index in [4.69, 9.17) is 4.42 Å². The van der Waals surface area contributed by atoms with Crippen LogP contribution in [-0.2, 0) is 0 Å². The highest BCUT2D eigenvalue weighted by Crippen LogP contribution is 2.32. The summed E-state index contributed by atoms with van der Waals surface area (Å²) < 4.78 is 5.84. The Hall–Kier alpha value is -3.27. The number of rotatable bonds is 1. The molecule has 4 nitrogen and oxygen atoms in total. The molecule has 0 atom stereocenters.